The first kappa shape index (κ1) is 10.7. The van der Waals surface area contributed by atoms with Crippen LogP contribution in [-0.4, -0.2) is 26.6 Å². The summed E-state index contributed by atoms with van der Waals surface area (Å²) in [5.74, 6) is -1.29. The molecule has 66 valence electrons. The van der Waals surface area contributed by atoms with E-state index in [4.69, 9.17) is 38.5 Å². The largest absolute Gasteiger partial charge is 0.505 e. The standard InChI is InChI=1S/C6H10Cl2O3/c7-3-1-2-4(8)5(9)6(10)11/h4,9-11H,1-3H2. The van der Waals surface area contributed by atoms with Crippen molar-refractivity contribution in [2.24, 2.45) is 0 Å². The van der Waals surface area contributed by atoms with Crippen molar-refractivity contribution in [3.63, 3.8) is 0 Å². The maximum absolute atomic E-state index is 8.83. The van der Waals surface area contributed by atoms with Gasteiger partial charge in [0.2, 0.25) is 0 Å². The lowest BCUT2D eigenvalue weighted by Gasteiger charge is -2.05. The minimum atomic E-state index is -1.13. The predicted molar refractivity (Wildman–Crippen MR) is 44.5 cm³/mol. The third kappa shape index (κ3) is 4.22. The number of hydrogen-bond donors (Lipinski definition) is 3. The molecule has 1 unspecified atom stereocenters. The highest BCUT2D eigenvalue weighted by molar-refractivity contribution is 6.22. The predicted octanol–water partition coefficient (Wildman–Crippen LogP) is 2.46. The first-order valence-electron chi connectivity index (χ1n) is 3.10. The van der Waals surface area contributed by atoms with Crippen LogP contribution < -0.4 is 0 Å². The summed E-state index contributed by atoms with van der Waals surface area (Å²) in [6, 6.07) is 0. The first-order valence-corrected chi connectivity index (χ1v) is 4.07. The van der Waals surface area contributed by atoms with Crippen LogP contribution >= 0.6 is 23.2 Å². The lowest BCUT2D eigenvalue weighted by atomic mass is 10.2. The molecule has 0 bridgehead atoms. The van der Waals surface area contributed by atoms with Crippen molar-refractivity contribution in [2.75, 3.05) is 5.88 Å². The van der Waals surface area contributed by atoms with Gasteiger partial charge in [-0.1, -0.05) is 0 Å². The van der Waals surface area contributed by atoms with Crippen LogP contribution in [0.5, 0.6) is 0 Å². The smallest absolute Gasteiger partial charge is 0.315 e. The van der Waals surface area contributed by atoms with E-state index >= 15 is 0 Å². The number of hydrogen-bond acceptors (Lipinski definition) is 3. The van der Waals surface area contributed by atoms with Crippen LogP contribution in [0, 0.1) is 0 Å². The molecule has 0 spiro atoms. The number of aliphatic hydroxyl groups is 3. The summed E-state index contributed by atoms with van der Waals surface area (Å²) < 4.78 is 0. The Morgan fingerprint density at radius 1 is 1.27 bits per heavy atom. The average molecular weight is 201 g/mol. The minimum Gasteiger partial charge on any atom is -0.505 e. The fourth-order valence-corrected chi connectivity index (χ4v) is 0.939. The fourth-order valence-electron chi connectivity index (χ4n) is 0.533. The molecule has 11 heavy (non-hydrogen) atoms. The molecule has 0 aliphatic rings. The zero-order valence-electron chi connectivity index (χ0n) is 5.80. The van der Waals surface area contributed by atoms with Gasteiger partial charge in [0.15, 0.2) is 5.76 Å². The molecular formula is C6H10Cl2O3. The Kier molecular flexibility index (Phi) is 5.24. The number of allylic oxidation sites excluding steroid dienone is 1. The van der Waals surface area contributed by atoms with Crippen molar-refractivity contribution < 1.29 is 15.3 Å². The van der Waals surface area contributed by atoms with E-state index in [0.29, 0.717) is 18.7 Å². The van der Waals surface area contributed by atoms with Crippen molar-refractivity contribution in [1.82, 2.24) is 0 Å². The van der Waals surface area contributed by atoms with Gasteiger partial charge in [-0.3, -0.25) is 0 Å². The minimum absolute atomic E-state index is 0.418. The SMILES string of the molecule is OC(O)=C(O)C(Cl)CCCCl. The van der Waals surface area contributed by atoms with Crippen LogP contribution in [0.3, 0.4) is 0 Å². The second-order valence-electron chi connectivity index (χ2n) is 2.01. The van der Waals surface area contributed by atoms with Crippen LogP contribution in [-0.2, 0) is 0 Å². The number of halogens is 2. The van der Waals surface area contributed by atoms with Crippen molar-refractivity contribution in [2.45, 2.75) is 18.2 Å². The summed E-state index contributed by atoms with van der Waals surface area (Å²) in [5.41, 5.74) is 0. The van der Waals surface area contributed by atoms with E-state index in [0.717, 1.165) is 0 Å². The zero-order valence-corrected chi connectivity index (χ0v) is 7.31. The molecule has 0 heterocycles. The Bertz CT molecular complexity index is 143. The monoisotopic (exact) mass is 200 g/mol. The quantitative estimate of drug-likeness (QED) is 0.483. The summed E-state index contributed by atoms with van der Waals surface area (Å²) >= 11 is 10.9. The molecule has 0 saturated carbocycles. The van der Waals surface area contributed by atoms with Crippen LogP contribution in [0.15, 0.2) is 11.7 Å². The van der Waals surface area contributed by atoms with Gasteiger partial charge >= 0.3 is 5.95 Å². The van der Waals surface area contributed by atoms with Crippen molar-refractivity contribution in [1.29, 1.82) is 0 Å². The Labute approximate surface area is 74.9 Å². The molecule has 0 aromatic carbocycles. The Morgan fingerprint density at radius 2 is 1.82 bits per heavy atom. The Hall–Kier alpha value is -0.280. The summed E-state index contributed by atoms with van der Waals surface area (Å²) in [5, 5.41) is 24.8. The van der Waals surface area contributed by atoms with Gasteiger partial charge in [0.25, 0.3) is 0 Å². The maximum Gasteiger partial charge on any atom is 0.315 e. The first-order chi connectivity index (χ1) is 5.09. The summed E-state index contributed by atoms with van der Waals surface area (Å²) in [4.78, 5) is 0. The van der Waals surface area contributed by atoms with Crippen molar-refractivity contribution >= 4 is 23.2 Å². The fraction of sp³-hybridized carbons (Fsp3) is 0.667. The van der Waals surface area contributed by atoms with E-state index in [1.54, 1.807) is 0 Å². The van der Waals surface area contributed by atoms with Gasteiger partial charge in [-0.15, -0.1) is 23.2 Å². The van der Waals surface area contributed by atoms with Gasteiger partial charge in [0.05, 0.1) is 5.38 Å². The summed E-state index contributed by atoms with van der Waals surface area (Å²) in [7, 11) is 0. The maximum atomic E-state index is 8.83. The number of alkyl halides is 2. The Morgan fingerprint density at radius 3 is 2.18 bits per heavy atom. The van der Waals surface area contributed by atoms with E-state index < -0.39 is 17.1 Å². The van der Waals surface area contributed by atoms with E-state index in [-0.39, 0.29) is 0 Å². The molecule has 0 rings (SSSR count). The lowest BCUT2D eigenvalue weighted by Crippen LogP contribution is -2.06. The van der Waals surface area contributed by atoms with E-state index in [2.05, 4.69) is 0 Å². The van der Waals surface area contributed by atoms with Gasteiger partial charge in [-0.25, -0.2) is 0 Å². The second kappa shape index (κ2) is 5.38. The van der Waals surface area contributed by atoms with Crippen LogP contribution in [0.1, 0.15) is 12.8 Å². The van der Waals surface area contributed by atoms with Crippen molar-refractivity contribution in [3.05, 3.63) is 11.7 Å². The van der Waals surface area contributed by atoms with E-state index in [1.165, 1.54) is 0 Å². The van der Waals surface area contributed by atoms with Crippen molar-refractivity contribution in [3.8, 4) is 0 Å². The average Bonchev–Trinajstić information content (AvgIpc) is 1.98. The number of rotatable bonds is 4. The molecule has 3 N–H and O–H groups in total. The zero-order chi connectivity index (χ0) is 8.85. The molecule has 0 aliphatic carbocycles. The highest BCUT2D eigenvalue weighted by atomic mass is 35.5. The van der Waals surface area contributed by atoms with Gasteiger partial charge < -0.3 is 15.3 Å². The topological polar surface area (TPSA) is 60.7 Å². The molecule has 5 heteroatoms. The molecule has 0 radical (unpaired) electrons. The van der Waals surface area contributed by atoms with Gasteiger partial charge in [0, 0.05) is 5.88 Å². The van der Waals surface area contributed by atoms with E-state index in [9.17, 15) is 0 Å². The van der Waals surface area contributed by atoms with Gasteiger partial charge in [0.1, 0.15) is 0 Å². The lowest BCUT2D eigenvalue weighted by molar-refractivity contribution is 0.154. The summed E-state index contributed by atoms with van der Waals surface area (Å²) in [6.45, 7) is 0. The molecule has 0 amide bonds. The Balaban J connectivity index is 3.83. The van der Waals surface area contributed by atoms with E-state index in [1.807, 2.05) is 0 Å². The number of aliphatic hydroxyl groups excluding tert-OH is 2. The highest BCUT2D eigenvalue weighted by Crippen LogP contribution is 2.15. The third-order valence-electron chi connectivity index (χ3n) is 1.12. The molecule has 0 aromatic rings. The highest BCUT2D eigenvalue weighted by Gasteiger charge is 2.13. The van der Waals surface area contributed by atoms with Crippen LogP contribution in [0.4, 0.5) is 0 Å². The molecular weight excluding hydrogens is 191 g/mol. The normalized spacial score (nSPS) is 12.5. The molecule has 0 aromatic heterocycles. The third-order valence-corrected chi connectivity index (χ3v) is 1.81. The molecule has 0 saturated heterocycles. The molecule has 3 nitrogen and oxygen atoms in total. The van der Waals surface area contributed by atoms with Gasteiger partial charge in [-0.2, -0.15) is 0 Å². The molecule has 0 fully saturated rings. The second-order valence-corrected chi connectivity index (χ2v) is 2.91. The van der Waals surface area contributed by atoms with Crippen LogP contribution in [0.2, 0.25) is 0 Å². The summed E-state index contributed by atoms with van der Waals surface area (Å²) in [6.07, 6.45) is 1.04. The van der Waals surface area contributed by atoms with Crippen LogP contribution in [0.25, 0.3) is 0 Å². The molecule has 0 aliphatic heterocycles. The molecule has 1 atom stereocenters. The van der Waals surface area contributed by atoms with Gasteiger partial charge in [-0.05, 0) is 12.8 Å².